The molecule has 9 heteroatoms. The van der Waals surface area contributed by atoms with Crippen LogP contribution in [0, 0.1) is 0 Å². The third-order valence-corrected chi connectivity index (χ3v) is 6.79. The van der Waals surface area contributed by atoms with E-state index in [1.165, 1.54) is 18.5 Å². The van der Waals surface area contributed by atoms with Crippen LogP contribution in [-0.4, -0.2) is 41.0 Å². The number of rotatable bonds is 7. The van der Waals surface area contributed by atoms with Crippen molar-refractivity contribution in [3.05, 3.63) is 103 Å². The molecule has 0 aliphatic heterocycles. The number of nitrogens with one attached hydrogen (secondary N) is 1. The lowest BCUT2D eigenvalue weighted by Gasteiger charge is -2.25. The molecule has 4 aromatic rings. The van der Waals surface area contributed by atoms with Crippen LogP contribution >= 0.6 is 0 Å². The van der Waals surface area contributed by atoms with Crippen LogP contribution in [0.3, 0.4) is 0 Å². The Hall–Kier alpha value is -3.98. The second-order valence-corrected chi connectivity index (χ2v) is 9.20. The van der Waals surface area contributed by atoms with E-state index in [4.69, 9.17) is 0 Å². The zero-order chi connectivity index (χ0) is 23.4. The first-order valence-electron chi connectivity index (χ1n) is 10.3. The van der Waals surface area contributed by atoms with Crippen LogP contribution in [0.25, 0.3) is 5.69 Å². The molecule has 1 heterocycles. The van der Waals surface area contributed by atoms with E-state index in [1.807, 2.05) is 31.2 Å². The van der Waals surface area contributed by atoms with E-state index in [1.54, 1.807) is 65.4 Å². The Morgan fingerprint density at radius 3 is 2.24 bits per heavy atom. The molecule has 0 bridgehead atoms. The smallest absolute Gasteiger partial charge is 0.261 e. The van der Waals surface area contributed by atoms with Gasteiger partial charge >= 0.3 is 0 Å². The molecular formula is C24H23N5O3S. The maximum absolute atomic E-state index is 13.0. The fourth-order valence-corrected chi connectivity index (χ4v) is 4.42. The molecule has 1 N–H and O–H groups in total. The molecule has 1 unspecified atom stereocenters. The van der Waals surface area contributed by atoms with Crippen molar-refractivity contribution in [2.45, 2.75) is 17.9 Å². The lowest BCUT2D eigenvalue weighted by Crippen LogP contribution is -2.29. The molecular weight excluding hydrogens is 438 g/mol. The average Bonchev–Trinajstić information content (AvgIpc) is 3.39. The van der Waals surface area contributed by atoms with Gasteiger partial charge in [0.2, 0.25) is 0 Å². The normalized spacial score (nSPS) is 12.2. The number of carbonyl (C=O) groups is 1. The SMILES string of the molecule is CC(c1ccc(-n2cncn2)cc1)N(C)C(=O)c1ccc(NS(=O)(=O)c2ccccc2)cc1. The Morgan fingerprint density at radius 2 is 1.64 bits per heavy atom. The number of hydrogen-bond acceptors (Lipinski definition) is 5. The lowest BCUT2D eigenvalue weighted by atomic mass is 10.1. The molecule has 1 aromatic heterocycles. The number of carbonyl (C=O) groups excluding carboxylic acids is 1. The minimum absolute atomic E-state index is 0.166. The average molecular weight is 462 g/mol. The zero-order valence-electron chi connectivity index (χ0n) is 18.2. The predicted molar refractivity (Wildman–Crippen MR) is 126 cm³/mol. The first-order valence-corrected chi connectivity index (χ1v) is 11.7. The Morgan fingerprint density at radius 1 is 0.970 bits per heavy atom. The maximum atomic E-state index is 13.0. The van der Waals surface area contributed by atoms with Crippen molar-refractivity contribution < 1.29 is 13.2 Å². The number of anilines is 1. The summed E-state index contributed by atoms with van der Waals surface area (Å²) in [6.07, 6.45) is 3.10. The molecule has 0 aliphatic rings. The number of sulfonamides is 1. The van der Waals surface area contributed by atoms with Crippen molar-refractivity contribution in [2.24, 2.45) is 0 Å². The number of hydrogen-bond donors (Lipinski definition) is 1. The van der Waals surface area contributed by atoms with E-state index in [-0.39, 0.29) is 16.8 Å². The van der Waals surface area contributed by atoms with Crippen LogP contribution in [0.5, 0.6) is 0 Å². The van der Waals surface area contributed by atoms with Crippen LogP contribution in [0.15, 0.2) is 96.4 Å². The monoisotopic (exact) mass is 461 g/mol. The highest BCUT2D eigenvalue weighted by Crippen LogP contribution is 2.23. The van der Waals surface area contributed by atoms with Gasteiger partial charge in [0, 0.05) is 18.3 Å². The molecule has 0 saturated carbocycles. The molecule has 4 rings (SSSR count). The highest BCUT2D eigenvalue weighted by atomic mass is 32.2. The number of amides is 1. The molecule has 0 spiro atoms. The van der Waals surface area contributed by atoms with Gasteiger partial charge in [-0.1, -0.05) is 30.3 Å². The summed E-state index contributed by atoms with van der Waals surface area (Å²) < 4.78 is 29.2. The molecule has 0 aliphatic carbocycles. The molecule has 3 aromatic carbocycles. The third-order valence-electron chi connectivity index (χ3n) is 5.40. The topological polar surface area (TPSA) is 97.2 Å². The second kappa shape index (κ2) is 9.25. The highest BCUT2D eigenvalue weighted by Gasteiger charge is 2.20. The molecule has 1 amide bonds. The summed E-state index contributed by atoms with van der Waals surface area (Å²) in [5.41, 5.74) is 2.70. The van der Waals surface area contributed by atoms with Gasteiger partial charge in [0.15, 0.2) is 0 Å². The van der Waals surface area contributed by atoms with Crippen molar-refractivity contribution in [1.82, 2.24) is 19.7 Å². The fourth-order valence-electron chi connectivity index (χ4n) is 3.34. The molecule has 0 saturated heterocycles. The van der Waals surface area contributed by atoms with Gasteiger partial charge in [-0.2, -0.15) is 5.10 Å². The van der Waals surface area contributed by atoms with Gasteiger partial charge < -0.3 is 4.90 Å². The molecule has 8 nitrogen and oxygen atoms in total. The van der Waals surface area contributed by atoms with Gasteiger partial charge in [-0.05, 0) is 61.0 Å². The Bertz CT molecular complexity index is 1320. The fraction of sp³-hybridized carbons (Fsp3) is 0.125. The van der Waals surface area contributed by atoms with E-state index in [9.17, 15) is 13.2 Å². The van der Waals surface area contributed by atoms with E-state index in [0.717, 1.165) is 11.3 Å². The summed E-state index contributed by atoms with van der Waals surface area (Å²) in [6, 6.07) is 22.1. The van der Waals surface area contributed by atoms with E-state index in [2.05, 4.69) is 14.8 Å². The van der Waals surface area contributed by atoms with Gasteiger partial charge in [-0.25, -0.2) is 18.1 Å². The van der Waals surface area contributed by atoms with E-state index < -0.39 is 10.0 Å². The highest BCUT2D eigenvalue weighted by molar-refractivity contribution is 7.92. The van der Waals surface area contributed by atoms with Crippen LogP contribution in [-0.2, 0) is 10.0 Å². The molecule has 168 valence electrons. The van der Waals surface area contributed by atoms with Gasteiger partial charge in [0.1, 0.15) is 12.7 Å². The van der Waals surface area contributed by atoms with Crippen molar-refractivity contribution in [2.75, 3.05) is 11.8 Å². The van der Waals surface area contributed by atoms with Crippen molar-refractivity contribution in [3.63, 3.8) is 0 Å². The molecule has 1 atom stereocenters. The lowest BCUT2D eigenvalue weighted by molar-refractivity contribution is 0.0742. The minimum Gasteiger partial charge on any atom is -0.335 e. The Labute approximate surface area is 192 Å². The minimum atomic E-state index is -3.69. The van der Waals surface area contributed by atoms with Crippen LogP contribution < -0.4 is 4.72 Å². The number of nitrogens with zero attached hydrogens (tertiary/aromatic N) is 4. The predicted octanol–water partition coefficient (Wildman–Crippen LogP) is 3.90. The van der Waals surface area contributed by atoms with Gasteiger partial charge in [0.25, 0.3) is 15.9 Å². The molecule has 0 fully saturated rings. The van der Waals surface area contributed by atoms with E-state index >= 15 is 0 Å². The quantitative estimate of drug-likeness (QED) is 0.450. The first-order chi connectivity index (χ1) is 15.8. The van der Waals surface area contributed by atoms with E-state index in [0.29, 0.717) is 11.3 Å². The van der Waals surface area contributed by atoms with Crippen LogP contribution in [0.4, 0.5) is 5.69 Å². The standard InChI is InChI=1S/C24H23N5O3S/c1-18(19-10-14-22(15-11-19)29-17-25-16-26-29)28(2)24(30)20-8-12-21(13-9-20)27-33(31,32)23-6-4-3-5-7-23/h3-18,27H,1-2H3. The van der Waals surface area contributed by atoms with Gasteiger partial charge in [0.05, 0.1) is 16.6 Å². The second-order valence-electron chi connectivity index (χ2n) is 7.52. The van der Waals surface area contributed by atoms with Gasteiger partial charge in [-0.15, -0.1) is 0 Å². The van der Waals surface area contributed by atoms with Crippen LogP contribution in [0.1, 0.15) is 28.9 Å². The van der Waals surface area contributed by atoms with Crippen molar-refractivity contribution in [1.29, 1.82) is 0 Å². The van der Waals surface area contributed by atoms with Gasteiger partial charge in [-0.3, -0.25) is 9.52 Å². The van der Waals surface area contributed by atoms with Crippen LogP contribution in [0.2, 0.25) is 0 Å². The Kier molecular flexibility index (Phi) is 6.23. The number of benzene rings is 3. The number of aromatic nitrogens is 3. The molecule has 0 radical (unpaired) electrons. The summed E-state index contributed by atoms with van der Waals surface area (Å²) in [7, 11) is -1.95. The zero-order valence-corrected chi connectivity index (χ0v) is 19.0. The summed E-state index contributed by atoms with van der Waals surface area (Å²) in [5, 5.41) is 4.11. The van der Waals surface area contributed by atoms with Crippen molar-refractivity contribution in [3.8, 4) is 5.69 Å². The summed E-state index contributed by atoms with van der Waals surface area (Å²) in [6.45, 7) is 1.95. The Balaban J connectivity index is 1.44. The maximum Gasteiger partial charge on any atom is 0.261 e. The largest absolute Gasteiger partial charge is 0.335 e. The first kappa shape index (κ1) is 22.2. The summed E-state index contributed by atoms with van der Waals surface area (Å²) in [4.78, 5) is 18.8. The summed E-state index contributed by atoms with van der Waals surface area (Å²) >= 11 is 0. The molecule has 33 heavy (non-hydrogen) atoms. The van der Waals surface area contributed by atoms with Crippen molar-refractivity contribution >= 4 is 21.6 Å². The third kappa shape index (κ3) is 4.93. The summed E-state index contributed by atoms with van der Waals surface area (Å²) in [5.74, 6) is -0.166.